The van der Waals surface area contributed by atoms with Crippen molar-refractivity contribution in [2.45, 2.75) is 37.8 Å². The molecule has 1 saturated carbocycles. The van der Waals surface area contributed by atoms with Gasteiger partial charge in [-0.3, -0.25) is 9.59 Å². The van der Waals surface area contributed by atoms with Gasteiger partial charge in [-0.05, 0) is 42.9 Å². The summed E-state index contributed by atoms with van der Waals surface area (Å²) in [7, 11) is 0. The maximum atomic E-state index is 12.7. The number of rotatable bonds is 5. The molecule has 3 atom stereocenters. The summed E-state index contributed by atoms with van der Waals surface area (Å²) in [6.07, 6.45) is 3.30. The van der Waals surface area contributed by atoms with Gasteiger partial charge in [0.1, 0.15) is 0 Å². The van der Waals surface area contributed by atoms with Crippen LogP contribution in [0.4, 0.5) is 0 Å². The van der Waals surface area contributed by atoms with E-state index in [9.17, 15) is 9.59 Å². The van der Waals surface area contributed by atoms with E-state index in [-0.39, 0.29) is 23.9 Å². The maximum absolute atomic E-state index is 12.7. The first-order valence-electron chi connectivity index (χ1n) is 9.40. The number of amides is 2. The number of aryl methyl sites for hydroxylation is 1. The Balaban J connectivity index is 1.36. The summed E-state index contributed by atoms with van der Waals surface area (Å²) >= 11 is 0. The molecule has 1 heterocycles. The number of carbonyl (C=O) groups excluding carboxylic acids is 2. The summed E-state index contributed by atoms with van der Waals surface area (Å²) in [6, 6.07) is 19.6. The van der Waals surface area contributed by atoms with Crippen LogP contribution >= 0.6 is 0 Å². The van der Waals surface area contributed by atoms with Crippen LogP contribution in [-0.4, -0.2) is 35.3 Å². The van der Waals surface area contributed by atoms with E-state index in [0.717, 1.165) is 25.8 Å². The van der Waals surface area contributed by atoms with Crippen molar-refractivity contribution in [2.24, 2.45) is 5.92 Å². The fourth-order valence-electron chi connectivity index (χ4n) is 4.35. The molecule has 2 aliphatic rings. The summed E-state index contributed by atoms with van der Waals surface area (Å²) in [5, 5.41) is 3.15. The number of likely N-dealkylation sites (tertiary alicyclic amines) is 1. The summed E-state index contributed by atoms with van der Waals surface area (Å²) in [5.41, 5.74) is 1.87. The van der Waals surface area contributed by atoms with Crippen LogP contribution < -0.4 is 5.32 Å². The zero-order chi connectivity index (χ0) is 17.9. The third-order valence-electron chi connectivity index (χ3n) is 5.62. The van der Waals surface area contributed by atoms with E-state index in [1.807, 2.05) is 53.4 Å². The highest BCUT2D eigenvalue weighted by Crippen LogP contribution is 2.38. The Morgan fingerprint density at radius 3 is 2.35 bits per heavy atom. The second-order valence-corrected chi connectivity index (χ2v) is 7.38. The van der Waals surface area contributed by atoms with Gasteiger partial charge >= 0.3 is 0 Å². The molecule has 0 radical (unpaired) electrons. The molecule has 1 aliphatic heterocycles. The Hall–Kier alpha value is -2.62. The summed E-state index contributed by atoms with van der Waals surface area (Å²) in [4.78, 5) is 27.2. The molecule has 1 aliphatic carbocycles. The van der Waals surface area contributed by atoms with Crippen molar-refractivity contribution in [1.29, 1.82) is 0 Å². The molecule has 2 aromatic rings. The standard InChI is InChI=1S/C22H24N2O2/c25-21(12-11-16-7-3-1-4-8-16)24-15-17-13-19(20(24)14-17)23-22(26)18-9-5-2-6-10-18/h1-10,17,19-20H,11-15H2,(H,23,26)/t17-,19+,20-/m1/s1. The van der Waals surface area contributed by atoms with E-state index >= 15 is 0 Å². The van der Waals surface area contributed by atoms with Gasteiger partial charge < -0.3 is 10.2 Å². The number of nitrogens with one attached hydrogen (secondary N) is 1. The van der Waals surface area contributed by atoms with Crippen molar-refractivity contribution in [3.05, 3.63) is 71.8 Å². The van der Waals surface area contributed by atoms with Crippen LogP contribution in [0.15, 0.2) is 60.7 Å². The van der Waals surface area contributed by atoms with Crippen LogP contribution in [0.3, 0.4) is 0 Å². The van der Waals surface area contributed by atoms with E-state index in [4.69, 9.17) is 0 Å². The predicted octanol–water partition coefficient (Wildman–Crippen LogP) is 3.04. The van der Waals surface area contributed by atoms with Crippen molar-refractivity contribution in [3.8, 4) is 0 Å². The van der Waals surface area contributed by atoms with Crippen LogP contribution in [0.5, 0.6) is 0 Å². The molecular formula is C22H24N2O2. The molecule has 0 spiro atoms. The first kappa shape index (κ1) is 16.8. The van der Waals surface area contributed by atoms with Crippen molar-refractivity contribution in [2.75, 3.05) is 6.54 Å². The normalized spacial score (nSPS) is 23.8. The SMILES string of the molecule is O=C(N[C@H]1C[C@@H]2C[C@H]1N(C(=O)CCc1ccccc1)C2)c1ccccc1. The van der Waals surface area contributed by atoms with Crippen molar-refractivity contribution in [1.82, 2.24) is 10.2 Å². The van der Waals surface area contributed by atoms with Gasteiger partial charge in [-0.1, -0.05) is 48.5 Å². The number of nitrogens with zero attached hydrogens (tertiary/aromatic N) is 1. The average Bonchev–Trinajstić information content (AvgIpc) is 3.28. The van der Waals surface area contributed by atoms with Gasteiger partial charge in [0, 0.05) is 24.6 Å². The Morgan fingerprint density at radius 1 is 0.962 bits per heavy atom. The third kappa shape index (κ3) is 3.50. The molecule has 2 aromatic carbocycles. The van der Waals surface area contributed by atoms with Gasteiger partial charge in [-0.25, -0.2) is 0 Å². The molecule has 2 amide bonds. The highest BCUT2D eigenvalue weighted by atomic mass is 16.2. The van der Waals surface area contributed by atoms with Crippen molar-refractivity contribution < 1.29 is 9.59 Å². The molecule has 26 heavy (non-hydrogen) atoms. The number of fused-ring (bicyclic) bond motifs is 2. The first-order valence-corrected chi connectivity index (χ1v) is 9.40. The van der Waals surface area contributed by atoms with E-state index in [2.05, 4.69) is 17.4 Å². The zero-order valence-corrected chi connectivity index (χ0v) is 14.8. The van der Waals surface area contributed by atoms with Gasteiger partial charge in [-0.2, -0.15) is 0 Å². The van der Waals surface area contributed by atoms with Gasteiger partial charge in [0.05, 0.1) is 6.04 Å². The Bertz CT molecular complexity index is 775. The molecule has 0 unspecified atom stereocenters. The molecule has 4 heteroatoms. The number of hydrogen-bond acceptors (Lipinski definition) is 2. The van der Waals surface area contributed by atoms with Crippen LogP contribution in [-0.2, 0) is 11.2 Å². The Kier molecular flexibility index (Phi) is 4.74. The van der Waals surface area contributed by atoms with E-state index in [0.29, 0.717) is 17.9 Å². The molecule has 2 bridgehead atoms. The molecule has 4 rings (SSSR count). The van der Waals surface area contributed by atoms with Gasteiger partial charge in [0.25, 0.3) is 5.91 Å². The molecule has 1 saturated heterocycles. The first-order chi connectivity index (χ1) is 12.7. The minimum Gasteiger partial charge on any atom is -0.347 e. The van der Waals surface area contributed by atoms with Gasteiger partial charge in [0.15, 0.2) is 0 Å². The minimum atomic E-state index is -0.0418. The van der Waals surface area contributed by atoms with Crippen LogP contribution in [0.1, 0.15) is 35.2 Å². The lowest BCUT2D eigenvalue weighted by molar-refractivity contribution is -0.133. The highest BCUT2D eigenvalue weighted by Gasteiger charge is 2.47. The lowest BCUT2D eigenvalue weighted by atomic mass is 10.0. The van der Waals surface area contributed by atoms with Crippen LogP contribution in [0.2, 0.25) is 0 Å². The molecule has 134 valence electrons. The quantitative estimate of drug-likeness (QED) is 0.903. The second kappa shape index (κ2) is 7.32. The summed E-state index contributed by atoms with van der Waals surface area (Å²) in [5.74, 6) is 0.682. The zero-order valence-electron chi connectivity index (χ0n) is 14.8. The maximum Gasteiger partial charge on any atom is 0.251 e. The number of carbonyl (C=O) groups is 2. The van der Waals surface area contributed by atoms with Gasteiger partial charge in [-0.15, -0.1) is 0 Å². The van der Waals surface area contributed by atoms with Crippen molar-refractivity contribution >= 4 is 11.8 Å². The van der Waals surface area contributed by atoms with E-state index in [1.54, 1.807) is 0 Å². The number of piperidine rings is 1. The van der Waals surface area contributed by atoms with Crippen LogP contribution in [0.25, 0.3) is 0 Å². The van der Waals surface area contributed by atoms with E-state index < -0.39 is 0 Å². The third-order valence-corrected chi connectivity index (χ3v) is 5.62. The average molecular weight is 348 g/mol. The second-order valence-electron chi connectivity index (χ2n) is 7.38. The minimum absolute atomic E-state index is 0.0418. The summed E-state index contributed by atoms with van der Waals surface area (Å²) in [6.45, 7) is 0.843. The Labute approximate surface area is 154 Å². The van der Waals surface area contributed by atoms with Crippen LogP contribution in [0, 0.1) is 5.92 Å². The molecule has 1 N–H and O–H groups in total. The predicted molar refractivity (Wildman–Crippen MR) is 101 cm³/mol. The fourth-order valence-corrected chi connectivity index (χ4v) is 4.35. The van der Waals surface area contributed by atoms with Crippen molar-refractivity contribution in [3.63, 3.8) is 0 Å². The molecule has 4 nitrogen and oxygen atoms in total. The highest BCUT2D eigenvalue weighted by molar-refractivity contribution is 5.94. The fraction of sp³-hybridized carbons (Fsp3) is 0.364. The lowest BCUT2D eigenvalue weighted by Crippen LogP contribution is -2.52. The Morgan fingerprint density at radius 2 is 1.65 bits per heavy atom. The number of benzene rings is 2. The van der Waals surface area contributed by atoms with E-state index in [1.165, 1.54) is 5.56 Å². The lowest BCUT2D eigenvalue weighted by Gasteiger charge is -2.34. The molecule has 2 fully saturated rings. The molecular weight excluding hydrogens is 324 g/mol. The topological polar surface area (TPSA) is 49.4 Å². The smallest absolute Gasteiger partial charge is 0.251 e. The van der Waals surface area contributed by atoms with Gasteiger partial charge in [0.2, 0.25) is 5.91 Å². The largest absolute Gasteiger partial charge is 0.347 e. The molecule has 0 aromatic heterocycles. The number of hydrogen-bond donors (Lipinski definition) is 1. The summed E-state index contributed by atoms with van der Waals surface area (Å²) < 4.78 is 0. The monoisotopic (exact) mass is 348 g/mol.